The molecule has 0 spiro atoms. The number of ether oxygens (including phenoxy) is 3. The van der Waals surface area contributed by atoms with E-state index in [0.717, 1.165) is 24.9 Å². The fourth-order valence-electron chi connectivity index (χ4n) is 4.14. The summed E-state index contributed by atoms with van der Waals surface area (Å²) in [5.41, 5.74) is 1.92. The first-order chi connectivity index (χ1) is 14.5. The highest BCUT2D eigenvalue weighted by Crippen LogP contribution is 2.41. The number of hydrogen-bond acceptors (Lipinski definition) is 6. The van der Waals surface area contributed by atoms with E-state index in [1.807, 2.05) is 6.07 Å². The predicted octanol–water partition coefficient (Wildman–Crippen LogP) is 4.40. The minimum Gasteiger partial charge on any atom is -0.507 e. The number of likely N-dealkylation sites (tertiary alicyclic amines) is 1. The molecule has 0 unspecified atom stereocenters. The average Bonchev–Trinajstić information content (AvgIpc) is 3.07. The molecule has 6 nitrogen and oxygen atoms in total. The van der Waals surface area contributed by atoms with Crippen LogP contribution in [0.3, 0.4) is 0 Å². The molecule has 0 bridgehead atoms. The Balaban J connectivity index is 1.65. The Morgan fingerprint density at radius 3 is 2.70 bits per heavy atom. The van der Waals surface area contributed by atoms with E-state index < -0.39 is 0 Å². The molecule has 2 aliphatic heterocycles. The number of phenolic OH excluding ortho intramolecular Hbond substituents is 1. The number of aromatic hydroxyl groups is 1. The Morgan fingerprint density at radius 2 is 1.97 bits per heavy atom. The van der Waals surface area contributed by atoms with Crippen molar-refractivity contribution in [3.8, 4) is 23.0 Å². The fourth-order valence-corrected chi connectivity index (χ4v) is 4.14. The van der Waals surface area contributed by atoms with Crippen molar-refractivity contribution in [2.24, 2.45) is 0 Å². The van der Waals surface area contributed by atoms with E-state index in [9.17, 15) is 9.90 Å². The van der Waals surface area contributed by atoms with Crippen LogP contribution in [0.5, 0.6) is 23.0 Å². The molecule has 0 saturated carbocycles. The highest BCUT2D eigenvalue weighted by atomic mass is 16.5. The number of fused-ring (bicyclic) bond motifs is 1. The number of phenols is 1. The van der Waals surface area contributed by atoms with Crippen LogP contribution in [-0.4, -0.2) is 42.6 Å². The smallest absolute Gasteiger partial charge is 0.231 e. The molecule has 1 saturated heterocycles. The van der Waals surface area contributed by atoms with E-state index in [1.54, 1.807) is 44.6 Å². The lowest BCUT2D eigenvalue weighted by Crippen LogP contribution is -2.36. The van der Waals surface area contributed by atoms with Gasteiger partial charge in [-0.3, -0.25) is 9.69 Å². The van der Waals surface area contributed by atoms with Crippen LogP contribution < -0.4 is 14.2 Å². The maximum Gasteiger partial charge on any atom is 0.231 e. The van der Waals surface area contributed by atoms with Gasteiger partial charge in [0.1, 0.15) is 11.5 Å². The first-order valence-electron chi connectivity index (χ1n) is 10.3. The number of ketones is 1. The normalized spacial score (nSPS) is 20.2. The molecule has 30 heavy (non-hydrogen) atoms. The van der Waals surface area contributed by atoms with Gasteiger partial charge in [0, 0.05) is 12.6 Å². The monoisotopic (exact) mass is 409 g/mol. The Hall–Kier alpha value is -2.99. The SMILES string of the molecule is COc1ccc(C=C2Oc3c(ccc(O)c3CN3CCCC[C@H]3C)C2=O)cc1OC. The van der Waals surface area contributed by atoms with Gasteiger partial charge in [0.2, 0.25) is 5.78 Å². The Kier molecular flexibility index (Phi) is 5.68. The lowest BCUT2D eigenvalue weighted by molar-refractivity contribution is 0.101. The van der Waals surface area contributed by atoms with Crippen LogP contribution >= 0.6 is 0 Å². The molecule has 0 aliphatic carbocycles. The van der Waals surface area contributed by atoms with Gasteiger partial charge in [0.05, 0.1) is 25.3 Å². The van der Waals surface area contributed by atoms with Crippen LogP contribution in [-0.2, 0) is 6.54 Å². The van der Waals surface area contributed by atoms with E-state index in [1.165, 1.54) is 6.42 Å². The summed E-state index contributed by atoms with van der Waals surface area (Å²) in [5.74, 6) is 1.86. The molecule has 2 aromatic rings. The zero-order chi connectivity index (χ0) is 21.3. The van der Waals surface area contributed by atoms with Crippen molar-refractivity contribution in [2.75, 3.05) is 20.8 Å². The van der Waals surface area contributed by atoms with Gasteiger partial charge in [-0.2, -0.15) is 0 Å². The molecule has 0 aromatic heterocycles. The quantitative estimate of drug-likeness (QED) is 0.739. The highest BCUT2D eigenvalue weighted by molar-refractivity contribution is 6.15. The van der Waals surface area contributed by atoms with Gasteiger partial charge < -0.3 is 19.3 Å². The lowest BCUT2D eigenvalue weighted by atomic mass is 10.0. The third kappa shape index (κ3) is 3.75. The summed E-state index contributed by atoms with van der Waals surface area (Å²) in [5, 5.41) is 10.5. The van der Waals surface area contributed by atoms with E-state index in [0.29, 0.717) is 41.0 Å². The number of carbonyl (C=O) groups excluding carboxylic acids is 1. The van der Waals surface area contributed by atoms with Gasteiger partial charge in [-0.1, -0.05) is 12.5 Å². The zero-order valence-corrected chi connectivity index (χ0v) is 17.6. The molecule has 6 heteroatoms. The average molecular weight is 409 g/mol. The number of allylic oxidation sites excluding steroid dienone is 1. The number of methoxy groups -OCH3 is 2. The number of carbonyl (C=O) groups is 1. The van der Waals surface area contributed by atoms with Gasteiger partial charge in [-0.15, -0.1) is 0 Å². The molecule has 0 radical (unpaired) electrons. The Morgan fingerprint density at radius 1 is 1.17 bits per heavy atom. The second-order valence-electron chi connectivity index (χ2n) is 7.81. The number of rotatable bonds is 5. The van der Waals surface area contributed by atoms with E-state index in [4.69, 9.17) is 14.2 Å². The van der Waals surface area contributed by atoms with Gasteiger partial charge in [-0.25, -0.2) is 0 Å². The molecule has 2 aromatic carbocycles. The first kappa shape index (κ1) is 20.3. The minimum absolute atomic E-state index is 0.159. The maximum absolute atomic E-state index is 13.0. The summed E-state index contributed by atoms with van der Waals surface area (Å²) >= 11 is 0. The molecular formula is C24H27NO5. The Bertz CT molecular complexity index is 997. The molecule has 1 N–H and O–H groups in total. The summed E-state index contributed by atoms with van der Waals surface area (Å²) in [4.78, 5) is 15.3. The minimum atomic E-state index is -0.187. The summed E-state index contributed by atoms with van der Waals surface area (Å²) < 4.78 is 16.6. The third-order valence-corrected chi connectivity index (χ3v) is 5.92. The second kappa shape index (κ2) is 8.40. The molecule has 4 rings (SSSR count). The van der Waals surface area contributed by atoms with Crippen molar-refractivity contribution in [1.29, 1.82) is 0 Å². The number of hydrogen-bond donors (Lipinski definition) is 1. The molecule has 2 heterocycles. The zero-order valence-electron chi connectivity index (χ0n) is 17.6. The van der Waals surface area contributed by atoms with Crippen LogP contribution in [0, 0.1) is 0 Å². The largest absolute Gasteiger partial charge is 0.507 e. The van der Waals surface area contributed by atoms with Crippen molar-refractivity contribution >= 4 is 11.9 Å². The molecule has 0 amide bonds. The molecular weight excluding hydrogens is 382 g/mol. The van der Waals surface area contributed by atoms with Crippen molar-refractivity contribution in [1.82, 2.24) is 4.90 Å². The number of benzene rings is 2. The van der Waals surface area contributed by atoms with Gasteiger partial charge in [0.25, 0.3) is 0 Å². The second-order valence-corrected chi connectivity index (χ2v) is 7.81. The van der Waals surface area contributed by atoms with Crippen LogP contribution in [0.2, 0.25) is 0 Å². The molecule has 1 atom stereocenters. The van der Waals surface area contributed by atoms with Crippen molar-refractivity contribution in [2.45, 2.75) is 38.8 Å². The van der Waals surface area contributed by atoms with E-state index >= 15 is 0 Å². The van der Waals surface area contributed by atoms with E-state index in [2.05, 4.69) is 11.8 Å². The molecule has 158 valence electrons. The van der Waals surface area contributed by atoms with Crippen molar-refractivity contribution < 1.29 is 24.1 Å². The fraction of sp³-hybridized carbons (Fsp3) is 0.375. The van der Waals surface area contributed by atoms with Crippen LogP contribution in [0.25, 0.3) is 6.08 Å². The number of nitrogens with zero attached hydrogens (tertiary/aromatic N) is 1. The third-order valence-electron chi connectivity index (χ3n) is 5.92. The van der Waals surface area contributed by atoms with Crippen molar-refractivity contribution in [3.63, 3.8) is 0 Å². The van der Waals surface area contributed by atoms with Crippen molar-refractivity contribution in [3.05, 3.63) is 52.8 Å². The summed E-state index contributed by atoms with van der Waals surface area (Å²) in [6.45, 7) is 3.74. The molecule has 1 fully saturated rings. The summed E-state index contributed by atoms with van der Waals surface area (Å²) in [6, 6.07) is 9.07. The topological polar surface area (TPSA) is 68.2 Å². The van der Waals surface area contributed by atoms with Crippen LogP contribution in [0.4, 0.5) is 0 Å². The summed E-state index contributed by atoms with van der Waals surface area (Å²) in [7, 11) is 3.14. The maximum atomic E-state index is 13.0. The van der Waals surface area contributed by atoms with Gasteiger partial charge >= 0.3 is 0 Å². The van der Waals surface area contributed by atoms with Gasteiger partial charge in [-0.05, 0) is 62.2 Å². The number of piperidine rings is 1. The standard InChI is InChI=1S/C24H27NO5/c1-15-6-4-5-11-25(15)14-18-19(26)9-8-17-23(27)22(30-24(17)18)13-16-7-10-20(28-2)21(12-16)29-3/h7-10,12-13,15,26H,4-6,11,14H2,1-3H3/t15-/m1/s1. The molecule has 2 aliphatic rings. The Labute approximate surface area is 176 Å². The van der Waals surface area contributed by atoms with Gasteiger partial charge in [0.15, 0.2) is 17.3 Å². The number of Topliss-reactive ketones (excluding diaryl/α,β-unsaturated/α-hetero) is 1. The predicted molar refractivity (Wildman–Crippen MR) is 114 cm³/mol. The summed E-state index contributed by atoms with van der Waals surface area (Å²) in [6.07, 6.45) is 5.20. The van der Waals surface area contributed by atoms with Crippen LogP contribution in [0.1, 0.15) is 47.7 Å². The van der Waals surface area contributed by atoms with E-state index in [-0.39, 0.29) is 17.3 Å². The lowest BCUT2D eigenvalue weighted by Gasteiger charge is -2.33. The van der Waals surface area contributed by atoms with Crippen LogP contribution in [0.15, 0.2) is 36.1 Å². The first-order valence-corrected chi connectivity index (χ1v) is 10.3. The highest BCUT2D eigenvalue weighted by Gasteiger charge is 2.32.